The van der Waals surface area contributed by atoms with E-state index in [1.54, 1.807) is 24.3 Å². The molecule has 4 nitrogen and oxygen atoms in total. The van der Waals surface area contributed by atoms with Gasteiger partial charge in [0.2, 0.25) is 0 Å². The van der Waals surface area contributed by atoms with E-state index in [-0.39, 0.29) is 10.7 Å². The number of carbonyl (C=O) groups is 1. The molecule has 0 saturated carbocycles. The Morgan fingerprint density at radius 3 is 2.00 bits per heavy atom. The Bertz CT molecular complexity index is 753. The third-order valence-electron chi connectivity index (χ3n) is 3.11. The standard InChI is InChI=1S/C15H14ClNO3S/c1-11(18)12-3-7-14(8-4-12)17(2)21(19,20)15-9-5-13(16)6-10-15/h3-10H,1-2H3. The molecule has 6 heteroatoms. The molecular weight excluding hydrogens is 310 g/mol. The summed E-state index contributed by atoms with van der Waals surface area (Å²) in [6.07, 6.45) is 0. The molecule has 2 aromatic carbocycles. The Morgan fingerprint density at radius 1 is 1.00 bits per heavy atom. The number of ketones is 1. The van der Waals surface area contributed by atoms with E-state index in [2.05, 4.69) is 0 Å². The second-order valence-corrected chi connectivity index (χ2v) is 6.94. The van der Waals surface area contributed by atoms with Crippen molar-refractivity contribution in [1.29, 1.82) is 0 Å². The molecule has 21 heavy (non-hydrogen) atoms. The minimum Gasteiger partial charge on any atom is -0.295 e. The van der Waals surface area contributed by atoms with Crippen LogP contribution in [0, 0.1) is 0 Å². The van der Waals surface area contributed by atoms with Crippen LogP contribution in [0.1, 0.15) is 17.3 Å². The van der Waals surface area contributed by atoms with Gasteiger partial charge in [0.1, 0.15) is 0 Å². The smallest absolute Gasteiger partial charge is 0.264 e. The fourth-order valence-corrected chi connectivity index (χ4v) is 3.13. The normalized spacial score (nSPS) is 11.2. The van der Waals surface area contributed by atoms with Crippen molar-refractivity contribution in [3.05, 3.63) is 59.1 Å². The number of Topliss-reactive ketones (excluding diaryl/α,β-unsaturated/α-hetero) is 1. The first kappa shape index (κ1) is 15.5. The molecule has 0 heterocycles. The van der Waals surface area contributed by atoms with Crippen LogP contribution in [0.5, 0.6) is 0 Å². The maximum Gasteiger partial charge on any atom is 0.264 e. The zero-order valence-electron chi connectivity index (χ0n) is 11.6. The molecule has 0 saturated heterocycles. The van der Waals surface area contributed by atoms with Crippen molar-refractivity contribution in [3.63, 3.8) is 0 Å². The lowest BCUT2D eigenvalue weighted by atomic mass is 10.1. The van der Waals surface area contributed by atoms with Crippen molar-refractivity contribution in [3.8, 4) is 0 Å². The van der Waals surface area contributed by atoms with E-state index >= 15 is 0 Å². The van der Waals surface area contributed by atoms with Gasteiger partial charge in [0.25, 0.3) is 10.0 Å². The number of anilines is 1. The molecule has 0 aliphatic rings. The van der Waals surface area contributed by atoms with Crippen molar-refractivity contribution in [2.75, 3.05) is 11.4 Å². The lowest BCUT2D eigenvalue weighted by Crippen LogP contribution is -2.26. The molecule has 0 unspecified atom stereocenters. The highest BCUT2D eigenvalue weighted by atomic mass is 35.5. The van der Waals surface area contributed by atoms with Gasteiger partial charge < -0.3 is 0 Å². The van der Waals surface area contributed by atoms with Gasteiger partial charge in [-0.3, -0.25) is 9.10 Å². The van der Waals surface area contributed by atoms with Crippen LogP contribution in [-0.4, -0.2) is 21.2 Å². The Kier molecular flexibility index (Phi) is 4.34. The zero-order chi connectivity index (χ0) is 15.6. The van der Waals surface area contributed by atoms with E-state index in [0.717, 1.165) is 0 Å². The van der Waals surface area contributed by atoms with Gasteiger partial charge in [-0.15, -0.1) is 0 Å². The molecule has 0 aliphatic carbocycles. The molecule has 0 spiro atoms. The van der Waals surface area contributed by atoms with Crippen LogP contribution in [0.2, 0.25) is 5.02 Å². The fourth-order valence-electron chi connectivity index (χ4n) is 1.81. The van der Waals surface area contributed by atoms with E-state index < -0.39 is 10.0 Å². The minimum absolute atomic E-state index is 0.0650. The van der Waals surface area contributed by atoms with Crippen LogP contribution in [-0.2, 0) is 10.0 Å². The molecule has 0 aromatic heterocycles. The Morgan fingerprint density at radius 2 is 1.52 bits per heavy atom. The molecule has 2 rings (SSSR count). The third kappa shape index (κ3) is 3.25. The fraction of sp³-hybridized carbons (Fsp3) is 0.133. The third-order valence-corrected chi connectivity index (χ3v) is 5.16. The summed E-state index contributed by atoms with van der Waals surface area (Å²) < 4.78 is 26.1. The van der Waals surface area contributed by atoms with Crippen LogP contribution in [0.15, 0.2) is 53.4 Å². The largest absolute Gasteiger partial charge is 0.295 e. The van der Waals surface area contributed by atoms with Crippen LogP contribution >= 0.6 is 11.6 Å². The van der Waals surface area contributed by atoms with Gasteiger partial charge in [0.15, 0.2) is 5.78 Å². The molecule has 0 aliphatic heterocycles. The van der Waals surface area contributed by atoms with Gasteiger partial charge in [-0.05, 0) is 55.5 Å². The highest BCUT2D eigenvalue weighted by molar-refractivity contribution is 7.92. The SMILES string of the molecule is CC(=O)c1ccc(N(C)S(=O)(=O)c2ccc(Cl)cc2)cc1. The number of hydrogen-bond donors (Lipinski definition) is 0. The first-order chi connectivity index (χ1) is 9.82. The second kappa shape index (κ2) is 5.87. The Labute approximate surface area is 129 Å². The zero-order valence-corrected chi connectivity index (χ0v) is 13.1. The summed E-state index contributed by atoms with van der Waals surface area (Å²) in [7, 11) is -2.19. The van der Waals surface area contributed by atoms with Crippen LogP contribution < -0.4 is 4.31 Å². The molecular formula is C15H14ClNO3S. The van der Waals surface area contributed by atoms with Crippen LogP contribution in [0.25, 0.3) is 0 Å². The van der Waals surface area contributed by atoms with E-state index in [1.807, 2.05) is 0 Å². The first-order valence-corrected chi connectivity index (χ1v) is 7.99. The molecule has 0 fully saturated rings. The average Bonchev–Trinajstić information content (AvgIpc) is 2.47. The summed E-state index contributed by atoms with van der Waals surface area (Å²) in [6.45, 7) is 1.46. The summed E-state index contributed by atoms with van der Waals surface area (Å²) in [5.41, 5.74) is 1.02. The topological polar surface area (TPSA) is 54.5 Å². The van der Waals surface area contributed by atoms with Gasteiger partial charge >= 0.3 is 0 Å². The Balaban J connectivity index is 2.35. The molecule has 0 N–H and O–H groups in total. The van der Waals surface area contributed by atoms with Gasteiger partial charge in [-0.25, -0.2) is 8.42 Å². The molecule has 0 radical (unpaired) electrons. The van der Waals surface area contributed by atoms with Crippen LogP contribution in [0.3, 0.4) is 0 Å². The first-order valence-electron chi connectivity index (χ1n) is 6.18. The van der Waals surface area contributed by atoms with Crippen molar-refractivity contribution in [2.45, 2.75) is 11.8 Å². The lowest BCUT2D eigenvalue weighted by molar-refractivity contribution is 0.101. The summed E-state index contributed by atoms with van der Waals surface area (Å²) in [5, 5.41) is 0.474. The van der Waals surface area contributed by atoms with Crippen molar-refractivity contribution < 1.29 is 13.2 Å². The van der Waals surface area contributed by atoms with Gasteiger partial charge in [0.05, 0.1) is 10.6 Å². The summed E-state index contributed by atoms with van der Waals surface area (Å²) in [4.78, 5) is 11.4. The number of hydrogen-bond acceptors (Lipinski definition) is 3. The van der Waals surface area contributed by atoms with Crippen molar-refractivity contribution in [1.82, 2.24) is 0 Å². The van der Waals surface area contributed by atoms with Crippen molar-refractivity contribution in [2.24, 2.45) is 0 Å². The highest BCUT2D eigenvalue weighted by Crippen LogP contribution is 2.23. The van der Waals surface area contributed by atoms with Crippen LogP contribution in [0.4, 0.5) is 5.69 Å². The molecule has 0 bridgehead atoms. The minimum atomic E-state index is -3.65. The van der Waals surface area contributed by atoms with Gasteiger partial charge in [0, 0.05) is 17.6 Å². The number of halogens is 1. The summed E-state index contributed by atoms with van der Waals surface area (Å²) in [5.74, 6) is -0.0650. The average molecular weight is 324 g/mol. The highest BCUT2D eigenvalue weighted by Gasteiger charge is 2.21. The molecule has 110 valence electrons. The Hall–Kier alpha value is -1.85. The number of carbonyl (C=O) groups excluding carboxylic acids is 1. The number of sulfonamides is 1. The van der Waals surface area contributed by atoms with E-state index in [9.17, 15) is 13.2 Å². The van der Waals surface area contributed by atoms with Gasteiger partial charge in [-0.2, -0.15) is 0 Å². The molecule has 0 atom stereocenters. The summed E-state index contributed by atoms with van der Waals surface area (Å²) >= 11 is 5.77. The van der Waals surface area contributed by atoms with E-state index in [4.69, 9.17) is 11.6 Å². The second-order valence-electron chi connectivity index (χ2n) is 4.53. The van der Waals surface area contributed by atoms with Gasteiger partial charge in [-0.1, -0.05) is 11.6 Å². The lowest BCUT2D eigenvalue weighted by Gasteiger charge is -2.19. The number of nitrogens with zero attached hydrogens (tertiary/aromatic N) is 1. The monoisotopic (exact) mass is 323 g/mol. The quantitative estimate of drug-likeness (QED) is 0.811. The number of benzene rings is 2. The van der Waals surface area contributed by atoms with E-state index in [0.29, 0.717) is 16.3 Å². The summed E-state index contributed by atoms with van der Waals surface area (Å²) in [6, 6.07) is 12.4. The predicted octanol–water partition coefficient (Wildman–Crippen LogP) is 3.37. The molecule has 0 amide bonds. The van der Waals surface area contributed by atoms with E-state index in [1.165, 1.54) is 42.5 Å². The maximum absolute atomic E-state index is 12.5. The van der Waals surface area contributed by atoms with Crippen molar-refractivity contribution >= 4 is 33.1 Å². The molecule has 2 aromatic rings. The number of rotatable bonds is 4. The maximum atomic E-state index is 12.5. The predicted molar refractivity (Wildman–Crippen MR) is 83.5 cm³/mol.